The predicted molar refractivity (Wildman–Crippen MR) is 66.9 cm³/mol. The van der Waals surface area contributed by atoms with Crippen LogP contribution in [-0.4, -0.2) is 7.11 Å². The van der Waals surface area contributed by atoms with Crippen LogP contribution < -0.4 is 4.74 Å². The Bertz CT molecular complexity index is 367. The summed E-state index contributed by atoms with van der Waals surface area (Å²) >= 11 is 9.82. The topological polar surface area (TPSA) is 9.23 Å². The first kappa shape index (κ1) is 11.3. The quantitative estimate of drug-likeness (QED) is 0.748. The zero-order valence-corrected chi connectivity index (χ0v) is 11.2. The number of ether oxygens (including phenoxy) is 1. The molecular formula is C12H14BrClO. The minimum absolute atomic E-state index is 0.427. The van der Waals surface area contributed by atoms with Crippen molar-refractivity contribution in [1.29, 1.82) is 0 Å². The van der Waals surface area contributed by atoms with Crippen LogP contribution in [0.25, 0.3) is 0 Å². The lowest BCUT2D eigenvalue weighted by Crippen LogP contribution is -1.94. The van der Waals surface area contributed by atoms with Gasteiger partial charge in [0.25, 0.3) is 0 Å². The van der Waals surface area contributed by atoms with Crippen molar-refractivity contribution in [2.45, 2.75) is 18.2 Å². The Morgan fingerprint density at radius 3 is 2.67 bits per heavy atom. The lowest BCUT2D eigenvalue weighted by atomic mass is 10.1. The van der Waals surface area contributed by atoms with Gasteiger partial charge in [-0.3, -0.25) is 0 Å². The maximum absolute atomic E-state index is 6.09. The first-order chi connectivity index (χ1) is 7.13. The van der Waals surface area contributed by atoms with Crippen molar-refractivity contribution in [2.24, 2.45) is 11.8 Å². The highest BCUT2D eigenvalue weighted by Crippen LogP contribution is 2.51. The molecule has 1 aliphatic rings. The number of hydrogen-bond donors (Lipinski definition) is 0. The van der Waals surface area contributed by atoms with Crippen molar-refractivity contribution in [3.05, 3.63) is 28.8 Å². The normalized spacial score (nSPS) is 26.1. The van der Waals surface area contributed by atoms with Gasteiger partial charge in [-0.15, -0.1) is 0 Å². The molecule has 1 nitrogen and oxygen atoms in total. The molecule has 0 heterocycles. The Labute approximate surface area is 104 Å². The fourth-order valence-corrected chi connectivity index (χ4v) is 3.15. The molecule has 0 radical (unpaired) electrons. The van der Waals surface area contributed by atoms with Crippen molar-refractivity contribution < 1.29 is 4.74 Å². The summed E-state index contributed by atoms with van der Waals surface area (Å²) < 4.78 is 5.13. The number of alkyl halides is 1. The highest BCUT2D eigenvalue weighted by Gasteiger charge is 2.38. The molecule has 1 aliphatic carbocycles. The number of benzene rings is 1. The molecule has 15 heavy (non-hydrogen) atoms. The summed E-state index contributed by atoms with van der Waals surface area (Å²) in [6.45, 7) is 2.28. The Balaban J connectivity index is 2.18. The van der Waals surface area contributed by atoms with Crippen molar-refractivity contribution >= 4 is 27.5 Å². The molecular weight excluding hydrogens is 275 g/mol. The molecule has 1 aromatic rings. The maximum Gasteiger partial charge on any atom is 0.137 e. The summed E-state index contributed by atoms with van der Waals surface area (Å²) in [7, 11) is 1.63. The lowest BCUT2D eigenvalue weighted by molar-refractivity contribution is 0.415. The van der Waals surface area contributed by atoms with Gasteiger partial charge in [-0.2, -0.15) is 0 Å². The first-order valence-corrected chi connectivity index (χ1v) is 6.40. The highest BCUT2D eigenvalue weighted by molar-refractivity contribution is 9.09. The van der Waals surface area contributed by atoms with E-state index in [0.717, 1.165) is 17.6 Å². The summed E-state index contributed by atoms with van der Waals surface area (Å²) in [4.78, 5) is 0.427. The summed E-state index contributed by atoms with van der Waals surface area (Å²) in [5, 5.41) is 0.688. The van der Waals surface area contributed by atoms with Crippen LogP contribution in [0.1, 0.15) is 23.7 Å². The Kier molecular flexibility index (Phi) is 3.27. The molecule has 0 saturated heterocycles. The Morgan fingerprint density at radius 2 is 2.20 bits per heavy atom. The van der Waals surface area contributed by atoms with Crippen LogP contribution in [0.5, 0.6) is 5.75 Å². The van der Waals surface area contributed by atoms with Gasteiger partial charge < -0.3 is 4.74 Å². The van der Waals surface area contributed by atoms with Crippen molar-refractivity contribution in [3.63, 3.8) is 0 Å². The molecule has 1 aromatic carbocycles. The lowest BCUT2D eigenvalue weighted by Gasteiger charge is -2.11. The maximum atomic E-state index is 6.09. The summed E-state index contributed by atoms with van der Waals surface area (Å²) in [5.74, 6) is 2.33. The predicted octanol–water partition coefficient (Wildman–Crippen LogP) is 4.44. The molecule has 0 aliphatic heterocycles. The third-order valence-corrected chi connectivity index (χ3v) is 4.54. The highest BCUT2D eigenvalue weighted by atomic mass is 79.9. The van der Waals surface area contributed by atoms with E-state index < -0.39 is 0 Å². The van der Waals surface area contributed by atoms with Gasteiger partial charge in [0, 0.05) is 4.83 Å². The third-order valence-electron chi connectivity index (χ3n) is 3.04. The van der Waals surface area contributed by atoms with Gasteiger partial charge in [0.15, 0.2) is 0 Å². The fourth-order valence-electron chi connectivity index (χ4n) is 1.86. The SMILES string of the molecule is COc1ccc(C(Br)C2CC2C)cc1Cl. The van der Waals surface area contributed by atoms with E-state index in [9.17, 15) is 0 Å². The van der Waals surface area contributed by atoms with Crippen LogP contribution in [0, 0.1) is 11.8 Å². The Morgan fingerprint density at radius 1 is 1.53 bits per heavy atom. The standard InChI is InChI=1S/C12H14BrClO/c1-7-5-9(7)12(13)8-3-4-11(15-2)10(14)6-8/h3-4,6-7,9,12H,5H2,1-2H3. The molecule has 3 atom stereocenters. The van der Waals surface area contributed by atoms with Crippen LogP contribution >= 0.6 is 27.5 Å². The molecule has 3 unspecified atom stereocenters. The monoisotopic (exact) mass is 288 g/mol. The van der Waals surface area contributed by atoms with Gasteiger partial charge in [0.05, 0.1) is 12.1 Å². The smallest absolute Gasteiger partial charge is 0.137 e. The van der Waals surface area contributed by atoms with E-state index in [1.807, 2.05) is 12.1 Å². The van der Waals surface area contributed by atoms with Gasteiger partial charge in [-0.05, 0) is 36.0 Å². The Hall–Kier alpha value is -0.210. The molecule has 0 N–H and O–H groups in total. The number of rotatable bonds is 3. The molecule has 2 rings (SSSR count). The molecule has 3 heteroatoms. The summed E-state index contributed by atoms with van der Waals surface area (Å²) in [6.07, 6.45) is 1.31. The van der Waals surface area contributed by atoms with Crippen LogP contribution in [0.4, 0.5) is 0 Å². The zero-order chi connectivity index (χ0) is 11.0. The van der Waals surface area contributed by atoms with E-state index in [1.54, 1.807) is 7.11 Å². The van der Waals surface area contributed by atoms with Gasteiger partial charge in [-0.25, -0.2) is 0 Å². The largest absolute Gasteiger partial charge is 0.495 e. The van der Waals surface area contributed by atoms with E-state index in [2.05, 4.69) is 28.9 Å². The molecule has 0 spiro atoms. The summed E-state index contributed by atoms with van der Waals surface area (Å²) in [6, 6.07) is 6.00. The molecule has 82 valence electrons. The number of halogens is 2. The second-order valence-electron chi connectivity index (χ2n) is 4.17. The van der Waals surface area contributed by atoms with Crippen molar-refractivity contribution in [1.82, 2.24) is 0 Å². The first-order valence-electron chi connectivity index (χ1n) is 5.11. The van der Waals surface area contributed by atoms with E-state index in [0.29, 0.717) is 9.85 Å². The average molecular weight is 290 g/mol. The number of methoxy groups -OCH3 is 1. The molecule has 1 saturated carbocycles. The van der Waals surface area contributed by atoms with Crippen LogP contribution in [0.2, 0.25) is 5.02 Å². The van der Waals surface area contributed by atoms with Gasteiger partial charge in [0.1, 0.15) is 5.75 Å². The fraction of sp³-hybridized carbons (Fsp3) is 0.500. The van der Waals surface area contributed by atoms with Gasteiger partial charge in [0.2, 0.25) is 0 Å². The van der Waals surface area contributed by atoms with E-state index in [4.69, 9.17) is 16.3 Å². The summed E-state index contributed by atoms with van der Waals surface area (Å²) in [5.41, 5.74) is 1.25. The zero-order valence-electron chi connectivity index (χ0n) is 8.84. The van der Waals surface area contributed by atoms with Crippen LogP contribution in [0.3, 0.4) is 0 Å². The second-order valence-corrected chi connectivity index (χ2v) is 5.57. The van der Waals surface area contributed by atoms with Crippen molar-refractivity contribution in [2.75, 3.05) is 7.11 Å². The minimum Gasteiger partial charge on any atom is -0.495 e. The van der Waals surface area contributed by atoms with Crippen LogP contribution in [-0.2, 0) is 0 Å². The third kappa shape index (κ3) is 2.31. The van der Waals surface area contributed by atoms with Gasteiger partial charge >= 0.3 is 0 Å². The second kappa shape index (κ2) is 4.34. The van der Waals surface area contributed by atoms with Crippen LogP contribution in [0.15, 0.2) is 18.2 Å². The van der Waals surface area contributed by atoms with E-state index in [1.165, 1.54) is 12.0 Å². The molecule has 0 amide bonds. The molecule has 0 bridgehead atoms. The number of hydrogen-bond acceptors (Lipinski definition) is 1. The van der Waals surface area contributed by atoms with E-state index >= 15 is 0 Å². The van der Waals surface area contributed by atoms with E-state index in [-0.39, 0.29) is 0 Å². The van der Waals surface area contributed by atoms with Crippen molar-refractivity contribution in [3.8, 4) is 5.75 Å². The molecule has 0 aromatic heterocycles. The average Bonchev–Trinajstić information content (AvgIpc) is 2.94. The minimum atomic E-state index is 0.427. The molecule has 1 fully saturated rings. The van der Waals surface area contributed by atoms with Gasteiger partial charge in [-0.1, -0.05) is 40.5 Å².